The predicted molar refractivity (Wildman–Crippen MR) is 93.6 cm³/mol. The van der Waals surface area contributed by atoms with E-state index in [2.05, 4.69) is 10.9 Å². The quantitative estimate of drug-likeness (QED) is 0.772. The van der Waals surface area contributed by atoms with Gasteiger partial charge in [-0.05, 0) is 31.2 Å². The highest BCUT2D eigenvalue weighted by molar-refractivity contribution is 5.87. The maximum Gasteiger partial charge on any atom is 0.283 e. The summed E-state index contributed by atoms with van der Waals surface area (Å²) in [5.74, 6) is 1.05. The molecule has 0 spiro atoms. The van der Waals surface area contributed by atoms with Crippen LogP contribution in [0.5, 0.6) is 23.0 Å². The van der Waals surface area contributed by atoms with Gasteiger partial charge in [-0.25, -0.2) is 0 Å². The summed E-state index contributed by atoms with van der Waals surface area (Å²) >= 11 is 0. The number of nitrogens with one attached hydrogen (secondary N) is 2. The van der Waals surface area contributed by atoms with Crippen molar-refractivity contribution in [2.45, 2.75) is 25.2 Å². The fraction of sp³-hybridized carbons (Fsp3) is 0.263. The van der Waals surface area contributed by atoms with E-state index in [1.165, 1.54) is 0 Å². The van der Waals surface area contributed by atoms with Gasteiger partial charge in [0.15, 0.2) is 23.0 Å². The molecule has 0 saturated carbocycles. The lowest BCUT2D eigenvalue weighted by Crippen LogP contribution is -2.56. The lowest BCUT2D eigenvalue weighted by Gasteiger charge is -2.31. The molecular formula is C19H18N2O6. The summed E-state index contributed by atoms with van der Waals surface area (Å²) in [6, 6.07) is 14.1. The first-order valence-electron chi connectivity index (χ1n) is 8.52. The van der Waals surface area contributed by atoms with Crippen molar-refractivity contribution in [3.63, 3.8) is 0 Å². The fourth-order valence-corrected chi connectivity index (χ4v) is 2.83. The molecule has 0 radical (unpaired) electrons. The highest BCUT2D eigenvalue weighted by Crippen LogP contribution is 2.33. The lowest BCUT2D eigenvalue weighted by molar-refractivity contribution is -0.140. The molecule has 2 heterocycles. The number of benzene rings is 2. The topological polar surface area (TPSA) is 95.1 Å². The number of carbonyl (C=O) groups excluding carboxylic acids is 2. The van der Waals surface area contributed by atoms with E-state index in [0.29, 0.717) is 23.0 Å². The Hall–Kier alpha value is -3.42. The number of para-hydroxylation sites is 4. The number of rotatable bonds is 2. The summed E-state index contributed by atoms with van der Waals surface area (Å²) < 4.78 is 22.5. The van der Waals surface area contributed by atoms with Gasteiger partial charge in [0.2, 0.25) is 12.2 Å². The van der Waals surface area contributed by atoms with Gasteiger partial charge < -0.3 is 18.9 Å². The highest BCUT2D eigenvalue weighted by Gasteiger charge is 2.35. The summed E-state index contributed by atoms with van der Waals surface area (Å²) in [6.45, 7) is 1.77. The maximum absolute atomic E-state index is 12.4. The molecule has 140 valence electrons. The summed E-state index contributed by atoms with van der Waals surface area (Å²) in [5.41, 5.74) is 4.70. The maximum atomic E-state index is 12.4. The summed E-state index contributed by atoms with van der Waals surface area (Å²) in [6.07, 6.45) is -2.29. The van der Waals surface area contributed by atoms with Crippen LogP contribution < -0.4 is 29.8 Å². The SMILES string of the molecule is CC1Oc2ccccc2OC1C(=O)NNC(=O)C1COc2ccccc2O1. The molecular weight excluding hydrogens is 352 g/mol. The largest absolute Gasteiger partial charge is 0.485 e. The van der Waals surface area contributed by atoms with Crippen LogP contribution in [0.2, 0.25) is 0 Å². The minimum absolute atomic E-state index is 0.0472. The lowest BCUT2D eigenvalue weighted by atomic mass is 10.1. The Morgan fingerprint density at radius 3 is 2.07 bits per heavy atom. The number of fused-ring (bicyclic) bond motifs is 2. The smallest absolute Gasteiger partial charge is 0.283 e. The van der Waals surface area contributed by atoms with Crippen molar-refractivity contribution in [2.75, 3.05) is 6.61 Å². The van der Waals surface area contributed by atoms with E-state index in [9.17, 15) is 9.59 Å². The van der Waals surface area contributed by atoms with E-state index in [1.54, 1.807) is 43.3 Å². The van der Waals surface area contributed by atoms with Crippen LogP contribution >= 0.6 is 0 Å². The van der Waals surface area contributed by atoms with Crippen LogP contribution in [0.15, 0.2) is 48.5 Å². The van der Waals surface area contributed by atoms with Crippen LogP contribution in [0, 0.1) is 0 Å². The van der Waals surface area contributed by atoms with Crippen molar-refractivity contribution in [1.29, 1.82) is 0 Å². The van der Waals surface area contributed by atoms with Crippen LogP contribution in [0.1, 0.15) is 6.92 Å². The van der Waals surface area contributed by atoms with E-state index in [1.807, 2.05) is 12.1 Å². The Kier molecular flexibility index (Phi) is 4.45. The van der Waals surface area contributed by atoms with Gasteiger partial charge in [0.05, 0.1) is 0 Å². The number of ether oxygens (including phenoxy) is 4. The Morgan fingerprint density at radius 1 is 0.815 bits per heavy atom. The van der Waals surface area contributed by atoms with Gasteiger partial charge in [0.25, 0.3) is 11.8 Å². The number of hydrogen-bond donors (Lipinski definition) is 2. The molecule has 2 aromatic rings. The van der Waals surface area contributed by atoms with Crippen LogP contribution in [0.3, 0.4) is 0 Å². The molecule has 2 aliphatic rings. The van der Waals surface area contributed by atoms with Crippen LogP contribution in [-0.4, -0.2) is 36.7 Å². The molecule has 2 aliphatic heterocycles. The van der Waals surface area contributed by atoms with Gasteiger partial charge in [0, 0.05) is 0 Å². The van der Waals surface area contributed by atoms with Crippen LogP contribution in [0.25, 0.3) is 0 Å². The van der Waals surface area contributed by atoms with Gasteiger partial charge in [-0.2, -0.15) is 0 Å². The number of amides is 2. The first-order chi connectivity index (χ1) is 13.1. The van der Waals surface area contributed by atoms with Crippen molar-refractivity contribution in [1.82, 2.24) is 10.9 Å². The van der Waals surface area contributed by atoms with Gasteiger partial charge in [0.1, 0.15) is 12.7 Å². The molecule has 0 aliphatic carbocycles. The third kappa shape index (κ3) is 3.46. The molecule has 0 saturated heterocycles. The minimum atomic E-state index is -0.899. The van der Waals surface area contributed by atoms with E-state index >= 15 is 0 Å². The molecule has 0 aromatic heterocycles. The summed E-state index contributed by atoms with van der Waals surface area (Å²) in [5, 5.41) is 0. The molecule has 2 amide bonds. The molecule has 2 aromatic carbocycles. The van der Waals surface area contributed by atoms with E-state index in [-0.39, 0.29) is 6.61 Å². The van der Waals surface area contributed by atoms with Crippen LogP contribution in [-0.2, 0) is 9.59 Å². The third-order valence-corrected chi connectivity index (χ3v) is 4.21. The molecule has 0 fully saturated rings. The standard InChI is InChI=1S/C19H18N2O6/c1-11-17(27-15-9-5-4-8-14(15)25-11)19(23)21-20-18(22)16-10-24-12-6-2-3-7-13(12)26-16/h2-9,11,16-17H,10H2,1H3,(H,20,22)(H,21,23). The molecule has 8 heteroatoms. The molecule has 3 atom stereocenters. The summed E-state index contributed by atoms with van der Waals surface area (Å²) in [7, 11) is 0. The average Bonchev–Trinajstić information content (AvgIpc) is 2.70. The van der Waals surface area contributed by atoms with E-state index in [4.69, 9.17) is 18.9 Å². The van der Waals surface area contributed by atoms with Crippen molar-refractivity contribution in [3.8, 4) is 23.0 Å². The minimum Gasteiger partial charge on any atom is -0.485 e. The Bertz CT molecular complexity index is 871. The zero-order chi connectivity index (χ0) is 18.8. The normalized spacial score (nSPS) is 22.5. The number of carbonyl (C=O) groups is 2. The monoisotopic (exact) mass is 370 g/mol. The van der Waals surface area contributed by atoms with Crippen molar-refractivity contribution >= 4 is 11.8 Å². The van der Waals surface area contributed by atoms with Crippen molar-refractivity contribution in [2.24, 2.45) is 0 Å². The molecule has 8 nitrogen and oxygen atoms in total. The van der Waals surface area contributed by atoms with Crippen molar-refractivity contribution < 1.29 is 28.5 Å². The van der Waals surface area contributed by atoms with Gasteiger partial charge in [-0.1, -0.05) is 24.3 Å². The van der Waals surface area contributed by atoms with Gasteiger partial charge in [-0.15, -0.1) is 0 Å². The molecule has 4 rings (SSSR count). The molecule has 0 bridgehead atoms. The zero-order valence-corrected chi connectivity index (χ0v) is 14.5. The Morgan fingerprint density at radius 2 is 1.37 bits per heavy atom. The molecule has 3 unspecified atom stereocenters. The Balaban J connectivity index is 1.34. The second kappa shape index (κ2) is 7.06. The zero-order valence-electron chi connectivity index (χ0n) is 14.5. The van der Waals surface area contributed by atoms with E-state index in [0.717, 1.165) is 0 Å². The van der Waals surface area contributed by atoms with Crippen molar-refractivity contribution in [3.05, 3.63) is 48.5 Å². The predicted octanol–water partition coefficient (Wildman–Crippen LogP) is 1.20. The Labute approximate surface area is 155 Å². The second-order valence-corrected chi connectivity index (χ2v) is 6.15. The third-order valence-electron chi connectivity index (χ3n) is 4.21. The van der Waals surface area contributed by atoms with Gasteiger partial charge in [-0.3, -0.25) is 20.4 Å². The second-order valence-electron chi connectivity index (χ2n) is 6.15. The van der Waals surface area contributed by atoms with Gasteiger partial charge >= 0.3 is 0 Å². The number of hydrogen-bond acceptors (Lipinski definition) is 6. The summed E-state index contributed by atoms with van der Waals surface area (Å²) in [4.78, 5) is 24.7. The highest BCUT2D eigenvalue weighted by atomic mass is 16.6. The first kappa shape index (κ1) is 17.0. The first-order valence-corrected chi connectivity index (χ1v) is 8.52. The van der Waals surface area contributed by atoms with Crippen LogP contribution in [0.4, 0.5) is 0 Å². The number of hydrazine groups is 1. The molecule has 2 N–H and O–H groups in total. The average molecular weight is 370 g/mol. The van der Waals surface area contributed by atoms with E-state index < -0.39 is 30.1 Å². The fourth-order valence-electron chi connectivity index (χ4n) is 2.83. The molecule has 27 heavy (non-hydrogen) atoms.